The number of ether oxygens (including phenoxy) is 1. The van der Waals surface area contributed by atoms with Crippen molar-refractivity contribution in [2.24, 2.45) is 5.92 Å². The number of benzene rings is 1. The first-order chi connectivity index (χ1) is 11.2. The zero-order valence-electron chi connectivity index (χ0n) is 12.8. The molecule has 1 atom stereocenters. The van der Waals surface area contributed by atoms with Crippen molar-refractivity contribution in [3.63, 3.8) is 0 Å². The van der Waals surface area contributed by atoms with Crippen LogP contribution in [0.5, 0.6) is 0 Å². The monoisotopic (exact) mass is 332 g/mol. The molecule has 1 aliphatic heterocycles. The smallest absolute Gasteiger partial charge is 0.244 e. The number of aromatic nitrogens is 1. The number of hydrogen-bond acceptors (Lipinski definition) is 4. The first-order valence-electron chi connectivity index (χ1n) is 7.68. The molecule has 1 aliphatic rings. The van der Waals surface area contributed by atoms with Crippen LogP contribution in [0.2, 0.25) is 0 Å². The number of nitrogens with zero attached hydrogens (tertiary/aromatic N) is 2. The van der Waals surface area contributed by atoms with Gasteiger partial charge in [-0.2, -0.15) is 4.31 Å². The maximum absolute atomic E-state index is 12.8. The minimum Gasteiger partial charge on any atom is -0.380 e. The fourth-order valence-corrected chi connectivity index (χ4v) is 4.25. The van der Waals surface area contributed by atoms with E-state index in [0.717, 1.165) is 6.42 Å². The molecule has 1 aromatic carbocycles. The molecule has 0 bridgehead atoms. The standard InChI is InChI=1S/C17H20N2O3S/c20-23(21,17-7-4-8-18-12-17)19-9-10-22-14-16(13-19)11-15-5-2-1-3-6-15/h1-8,12,16H,9-11,13-14H2/t16-/m1/s1. The van der Waals surface area contributed by atoms with E-state index < -0.39 is 10.0 Å². The van der Waals surface area contributed by atoms with Gasteiger partial charge in [0.15, 0.2) is 0 Å². The molecule has 1 fully saturated rings. The van der Waals surface area contributed by atoms with Crippen LogP contribution in [0.3, 0.4) is 0 Å². The van der Waals surface area contributed by atoms with Crippen molar-refractivity contribution < 1.29 is 13.2 Å². The molecule has 0 saturated carbocycles. The molecule has 0 spiro atoms. The second-order valence-electron chi connectivity index (χ2n) is 5.68. The minimum atomic E-state index is -3.52. The van der Waals surface area contributed by atoms with E-state index in [4.69, 9.17) is 4.74 Å². The summed E-state index contributed by atoms with van der Waals surface area (Å²) in [5.74, 6) is 0.145. The van der Waals surface area contributed by atoms with Crippen LogP contribution in [0, 0.1) is 5.92 Å². The van der Waals surface area contributed by atoms with E-state index in [1.807, 2.05) is 18.2 Å². The van der Waals surface area contributed by atoms with Crippen LogP contribution in [0.1, 0.15) is 5.56 Å². The van der Waals surface area contributed by atoms with Crippen molar-refractivity contribution in [2.75, 3.05) is 26.3 Å². The molecule has 2 heterocycles. The summed E-state index contributed by atoms with van der Waals surface area (Å²) in [4.78, 5) is 4.16. The van der Waals surface area contributed by atoms with Gasteiger partial charge < -0.3 is 4.74 Å². The van der Waals surface area contributed by atoms with Gasteiger partial charge in [0.2, 0.25) is 10.0 Å². The Hall–Kier alpha value is -1.76. The maximum Gasteiger partial charge on any atom is 0.244 e. The van der Waals surface area contributed by atoms with E-state index >= 15 is 0 Å². The molecular weight excluding hydrogens is 312 g/mol. The first kappa shape index (κ1) is 16.1. The fourth-order valence-electron chi connectivity index (χ4n) is 2.79. The van der Waals surface area contributed by atoms with Crippen LogP contribution in [-0.2, 0) is 21.2 Å². The highest BCUT2D eigenvalue weighted by molar-refractivity contribution is 7.89. The second kappa shape index (κ2) is 7.21. The zero-order valence-corrected chi connectivity index (χ0v) is 13.7. The van der Waals surface area contributed by atoms with E-state index in [0.29, 0.717) is 26.3 Å². The Morgan fingerprint density at radius 2 is 2.00 bits per heavy atom. The Kier molecular flexibility index (Phi) is 5.05. The molecule has 5 nitrogen and oxygen atoms in total. The van der Waals surface area contributed by atoms with Crippen LogP contribution >= 0.6 is 0 Å². The van der Waals surface area contributed by atoms with Crippen molar-refractivity contribution in [2.45, 2.75) is 11.3 Å². The summed E-state index contributed by atoms with van der Waals surface area (Å²) >= 11 is 0. The van der Waals surface area contributed by atoms with Crippen LogP contribution in [0.4, 0.5) is 0 Å². The minimum absolute atomic E-state index is 0.145. The molecule has 1 aromatic heterocycles. The van der Waals surface area contributed by atoms with Gasteiger partial charge in [-0.05, 0) is 24.1 Å². The third kappa shape index (κ3) is 3.96. The quantitative estimate of drug-likeness (QED) is 0.859. The predicted octanol–water partition coefficient (Wildman–Crippen LogP) is 1.96. The normalized spacial score (nSPS) is 20.1. The lowest BCUT2D eigenvalue weighted by Gasteiger charge is -2.23. The Balaban J connectivity index is 1.77. The first-order valence-corrected chi connectivity index (χ1v) is 9.12. The molecular formula is C17H20N2O3S. The maximum atomic E-state index is 12.8. The largest absolute Gasteiger partial charge is 0.380 e. The summed E-state index contributed by atoms with van der Waals surface area (Å²) < 4.78 is 32.7. The summed E-state index contributed by atoms with van der Waals surface area (Å²) in [6, 6.07) is 13.3. The van der Waals surface area contributed by atoms with Crippen molar-refractivity contribution in [1.29, 1.82) is 0 Å². The Labute approximate surface area is 137 Å². The lowest BCUT2D eigenvalue weighted by Crippen LogP contribution is -2.36. The van der Waals surface area contributed by atoms with Crippen LogP contribution < -0.4 is 0 Å². The van der Waals surface area contributed by atoms with Crippen LogP contribution in [0.15, 0.2) is 59.8 Å². The van der Waals surface area contributed by atoms with Crippen molar-refractivity contribution in [3.8, 4) is 0 Å². The topological polar surface area (TPSA) is 59.5 Å². The van der Waals surface area contributed by atoms with E-state index in [-0.39, 0.29) is 10.8 Å². The molecule has 0 aliphatic carbocycles. The van der Waals surface area contributed by atoms with Gasteiger partial charge in [-0.15, -0.1) is 0 Å². The van der Waals surface area contributed by atoms with Gasteiger partial charge in [-0.1, -0.05) is 30.3 Å². The number of hydrogen-bond donors (Lipinski definition) is 0. The average molecular weight is 332 g/mol. The van der Waals surface area contributed by atoms with Crippen molar-refractivity contribution in [3.05, 3.63) is 60.4 Å². The summed E-state index contributed by atoms with van der Waals surface area (Å²) in [5, 5.41) is 0. The van der Waals surface area contributed by atoms with Gasteiger partial charge in [-0.25, -0.2) is 8.42 Å². The molecule has 0 amide bonds. The molecule has 6 heteroatoms. The molecule has 0 unspecified atom stereocenters. The summed E-state index contributed by atoms with van der Waals surface area (Å²) in [6.45, 7) is 1.84. The van der Waals surface area contributed by atoms with Gasteiger partial charge in [-0.3, -0.25) is 4.98 Å². The van der Waals surface area contributed by atoms with Crippen LogP contribution in [0.25, 0.3) is 0 Å². The van der Waals surface area contributed by atoms with Crippen LogP contribution in [-0.4, -0.2) is 44.0 Å². The molecule has 2 aromatic rings. The SMILES string of the molecule is O=S(=O)(c1cccnc1)N1CCOC[C@H](Cc2ccccc2)C1. The highest BCUT2D eigenvalue weighted by atomic mass is 32.2. The molecule has 0 N–H and O–H groups in total. The third-order valence-corrected chi connectivity index (χ3v) is 5.79. The van der Waals surface area contributed by atoms with E-state index in [9.17, 15) is 8.42 Å². The number of sulfonamides is 1. The number of pyridine rings is 1. The van der Waals surface area contributed by atoms with E-state index in [2.05, 4.69) is 17.1 Å². The molecule has 3 rings (SSSR count). The van der Waals surface area contributed by atoms with Crippen molar-refractivity contribution in [1.82, 2.24) is 9.29 Å². The molecule has 1 saturated heterocycles. The Bertz CT molecular complexity index is 720. The second-order valence-corrected chi connectivity index (χ2v) is 7.62. The van der Waals surface area contributed by atoms with Crippen molar-refractivity contribution >= 4 is 10.0 Å². The zero-order chi connectivity index (χ0) is 16.1. The Morgan fingerprint density at radius 3 is 2.74 bits per heavy atom. The van der Waals surface area contributed by atoms with Gasteiger partial charge in [0.25, 0.3) is 0 Å². The summed E-state index contributed by atoms with van der Waals surface area (Å²) in [6.07, 6.45) is 3.77. The lowest BCUT2D eigenvalue weighted by atomic mass is 10.0. The Morgan fingerprint density at radius 1 is 1.17 bits per heavy atom. The van der Waals surface area contributed by atoms with E-state index in [1.165, 1.54) is 16.1 Å². The predicted molar refractivity (Wildman–Crippen MR) is 87.5 cm³/mol. The lowest BCUT2D eigenvalue weighted by molar-refractivity contribution is 0.123. The average Bonchev–Trinajstić information content (AvgIpc) is 2.83. The molecule has 0 radical (unpaired) electrons. The highest BCUT2D eigenvalue weighted by Crippen LogP contribution is 2.20. The van der Waals surface area contributed by atoms with Gasteiger partial charge >= 0.3 is 0 Å². The number of rotatable bonds is 4. The third-order valence-electron chi connectivity index (χ3n) is 3.94. The molecule has 23 heavy (non-hydrogen) atoms. The van der Waals surface area contributed by atoms with E-state index in [1.54, 1.807) is 18.3 Å². The fraction of sp³-hybridized carbons (Fsp3) is 0.353. The highest BCUT2D eigenvalue weighted by Gasteiger charge is 2.29. The van der Waals surface area contributed by atoms with Gasteiger partial charge in [0.05, 0.1) is 13.2 Å². The summed E-state index contributed by atoms with van der Waals surface area (Å²) in [5.41, 5.74) is 1.20. The molecule has 122 valence electrons. The van der Waals surface area contributed by atoms with Gasteiger partial charge in [0, 0.05) is 31.4 Å². The van der Waals surface area contributed by atoms with Gasteiger partial charge in [0.1, 0.15) is 4.90 Å². The summed E-state index contributed by atoms with van der Waals surface area (Å²) in [7, 11) is -3.52.